The first kappa shape index (κ1) is 20.5. The molecule has 0 unspecified atom stereocenters. The molecule has 0 bridgehead atoms. The number of imide groups is 2. The highest BCUT2D eigenvalue weighted by Crippen LogP contribution is 2.15. The fourth-order valence-corrected chi connectivity index (χ4v) is 2.68. The van der Waals surface area contributed by atoms with Crippen molar-refractivity contribution in [2.75, 3.05) is 0 Å². The van der Waals surface area contributed by atoms with Gasteiger partial charge in [-0.15, -0.1) is 10.1 Å². The van der Waals surface area contributed by atoms with Crippen LogP contribution in [0.15, 0.2) is 0 Å². The lowest BCUT2D eigenvalue weighted by atomic mass is 10.1. The number of unbranched alkanes of at least 4 members (excludes halogenated alkanes) is 4. The van der Waals surface area contributed by atoms with E-state index in [1.807, 2.05) is 0 Å². The molecule has 0 atom stereocenters. The molecule has 0 saturated carbocycles. The Morgan fingerprint density at radius 2 is 0.889 bits per heavy atom. The molecule has 0 aromatic heterocycles. The zero-order valence-electron chi connectivity index (χ0n) is 14.9. The summed E-state index contributed by atoms with van der Waals surface area (Å²) in [5, 5.41) is 1.06. The van der Waals surface area contributed by atoms with Crippen LogP contribution >= 0.6 is 0 Å². The molecule has 10 heteroatoms. The Hall–Kier alpha value is -2.78. The lowest BCUT2D eigenvalue weighted by Crippen LogP contribution is -2.32. The Bertz CT molecular complexity index is 559. The van der Waals surface area contributed by atoms with Gasteiger partial charge in [0, 0.05) is 38.5 Å². The van der Waals surface area contributed by atoms with Gasteiger partial charge in [-0.3, -0.25) is 19.2 Å². The molecule has 2 heterocycles. The van der Waals surface area contributed by atoms with Crippen molar-refractivity contribution in [1.29, 1.82) is 0 Å². The Balaban J connectivity index is 1.48. The summed E-state index contributed by atoms with van der Waals surface area (Å²) in [4.78, 5) is 78.0. The summed E-state index contributed by atoms with van der Waals surface area (Å²) in [5.41, 5.74) is 0. The molecule has 2 saturated heterocycles. The number of amides is 4. The minimum Gasteiger partial charge on any atom is -0.330 e. The maximum atomic E-state index is 11.6. The van der Waals surface area contributed by atoms with Crippen LogP contribution in [-0.4, -0.2) is 45.7 Å². The van der Waals surface area contributed by atoms with Crippen LogP contribution in [0.2, 0.25) is 0 Å². The normalized spacial score (nSPS) is 17.0. The van der Waals surface area contributed by atoms with Crippen molar-refractivity contribution in [3.8, 4) is 0 Å². The lowest BCUT2D eigenvalue weighted by Gasteiger charge is -2.12. The molecule has 0 aromatic carbocycles. The molecule has 2 aliphatic heterocycles. The standard InChI is InChI=1S/C17H22N2O8/c20-12-8-9-13(21)18(12)26-16(24)6-4-2-1-3-5-7-17(25)27-19-14(22)10-11-15(19)23/h1-11H2. The van der Waals surface area contributed by atoms with E-state index in [0.29, 0.717) is 23.0 Å². The molecule has 2 fully saturated rings. The van der Waals surface area contributed by atoms with E-state index in [4.69, 9.17) is 9.68 Å². The summed E-state index contributed by atoms with van der Waals surface area (Å²) in [7, 11) is 0. The summed E-state index contributed by atoms with van der Waals surface area (Å²) < 4.78 is 0. The number of carbonyl (C=O) groups excluding carboxylic acids is 6. The van der Waals surface area contributed by atoms with Crippen molar-refractivity contribution in [2.24, 2.45) is 0 Å². The first-order chi connectivity index (χ1) is 12.9. The smallest absolute Gasteiger partial charge is 0.330 e. The Morgan fingerprint density at radius 1 is 0.593 bits per heavy atom. The highest BCUT2D eigenvalue weighted by atomic mass is 16.7. The van der Waals surface area contributed by atoms with Gasteiger partial charge >= 0.3 is 11.9 Å². The van der Waals surface area contributed by atoms with Gasteiger partial charge in [0.1, 0.15) is 0 Å². The van der Waals surface area contributed by atoms with E-state index in [1.54, 1.807) is 0 Å². The van der Waals surface area contributed by atoms with Crippen LogP contribution in [0.4, 0.5) is 0 Å². The third kappa shape index (κ3) is 6.15. The van der Waals surface area contributed by atoms with Crippen LogP contribution in [0.5, 0.6) is 0 Å². The molecule has 4 amide bonds. The van der Waals surface area contributed by atoms with Crippen LogP contribution in [0.3, 0.4) is 0 Å². The fourth-order valence-electron chi connectivity index (χ4n) is 2.68. The van der Waals surface area contributed by atoms with Gasteiger partial charge in [-0.25, -0.2) is 9.59 Å². The Morgan fingerprint density at radius 3 is 1.22 bits per heavy atom. The van der Waals surface area contributed by atoms with Crippen molar-refractivity contribution in [3.05, 3.63) is 0 Å². The molecule has 0 radical (unpaired) electrons. The summed E-state index contributed by atoms with van der Waals surface area (Å²) >= 11 is 0. The van der Waals surface area contributed by atoms with Crippen LogP contribution < -0.4 is 0 Å². The second kappa shape index (κ2) is 9.79. The van der Waals surface area contributed by atoms with Crippen LogP contribution in [0, 0.1) is 0 Å². The Kier molecular flexibility index (Phi) is 7.44. The third-order valence-electron chi connectivity index (χ3n) is 4.16. The molecular weight excluding hydrogens is 360 g/mol. The molecular formula is C17H22N2O8. The van der Waals surface area contributed by atoms with Gasteiger partial charge in [0.2, 0.25) is 0 Å². The summed E-state index contributed by atoms with van der Waals surface area (Å²) in [5.74, 6) is -3.26. The average Bonchev–Trinajstić information content (AvgIpc) is 3.11. The number of hydrogen-bond acceptors (Lipinski definition) is 8. The van der Waals surface area contributed by atoms with E-state index in [9.17, 15) is 28.8 Å². The van der Waals surface area contributed by atoms with Crippen LogP contribution in [0.25, 0.3) is 0 Å². The topological polar surface area (TPSA) is 127 Å². The van der Waals surface area contributed by atoms with E-state index < -0.39 is 35.6 Å². The fraction of sp³-hybridized carbons (Fsp3) is 0.647. The molecule has 148 valence electrons. The minimum atomic E-state index is -0.623. The zero-order chi connectivity index (χ0) is 19.8. The van der Waals surface area contributed by atoms with Gasteiger partial charge < -0.3 is 9.68 Å². The lowest BCUT2D eigenvalue weighted by molar-refractivity contribution is -0.197. The highest BCUT2D eigenvalue weighted by Gasteiger charge is 2.33. The molecule has 10 nitrogen and oxygen atoms in total. The number of hydrogen-bond donors (Lipinski definition) is 0. The van der Waals surface area contributed by atoms with Crippen molar-refractivity contribution < 1.29 is 38.4 Å². The van der Waals surface area contributed by atoms with E-state index in [0.717, 1.165) is 19.3 Å². The van der Waals surface area contributed by atoms with Gasteiger partial charge in [0.25, 0.3) is 23.6 Å². The monoisotopic (exact) mass is 382 g/mol. The van der Waals surface area contributed by atoms with Gasteiger partial charge in [-0.05, 0) is 12.8 Å². The molecule has 0 spiro atoms. The van der Waals surface area contributed by atoms with Crippen LogP contribution in [0.1, 0.15) is 70.6 Å². The maximum Gasteiger partial charge on any atom is 0.333 e. The number of rotatable bonds is 10. The molecule has 2 rings (SSSR count). The molecule has 2 aliphatic rings. The molecule has 0 aromatic rings. The van der Waals surface area contributed by atoms with Crippen molar-refractivity contribution >= 4 is 35.6 Å². The van der Waals surface area contributed by atoms with Gasteiger partial charge in [-0.2, -0.15) is 0 Å². The van der Waals surface area contributed by atoms with Crippen molar-refractivity contribution in [1.82, 2.24) is 10.1 Å². The zero-order valence-corrected chi connectivity index (χ0v) is 14.9. The quantitative estimate of drug-likeness (QED) is 0.403. The van der Waals surface area contributed by atoms with E-state index >= 15 is 0 Å². The van der Waals surface area contributed by atoms with Crippen LogP contribution in [-0.2, 0) is 38.4 Å². The van der Waals surface area contributed by atoms with Gasteiger partial charge in [-0.1, -0.05) is 19.3 Å². The predicted molar refractivity (Wildman–Crippen MR) is 86.7 cm³/mol. The van der Waals surface area contributed by atoms with Crippen molar-refractivity contribution in [3.63, 3.8) is 0 Å². The highest BCUT2D eigenvalue weighted by molar-refractivity contribution is 6.02. The average molecular weight is 382 g/mol. The second-order valence-electron chi connectivity index (χ2n) is 6.36. The summed E-state index contributed by atoms with van der Waals surface area (Å²) in [6.45, 7) is 0. The predicted octanol–water partition coefficient (Wildman–Crippen LogP) is 0.931. The van der Waals surface area contributed by atoms with Crippen molar-refractivity contribution in [2.45, 2.75) is 70.6 Å². The number of hydroxylamine groups is 4. The first-order valence-electron chi connectivity index (χ1n) is 9.01. The number of nitrogens with zero attached hydrogens (tertiary/aromatic N) is 2. The SMILES string of the molecule is O=C(CCCCCCCC(=O)ON1C(=O)CCC1=O)ON1C(=O)CCC1=O. The largest absolute Gasteiger partial charge is 0.333 e. The summed E-state index contributed by atoms with van der Waals surface area (Å²) in [6, 6.07) is 0. The second-order valence-corrected chi connectivity index (χ2v) is 6.36. The molecule has 0 aliphatic carbocycles. The van der Waals surface area contributed by atoms with Gasteiger partial charge in [0.05, 0.1) is 0 Å². The first-order valence-corrected chi connectivity index (χ1v) is 9.01. The van der Waals surface area contributed by atoms with E-state index in [2.05, 4.69) is 0 Å². The number of carbonyl (C=O) groups is 6. The van der Waals surface area contributed by atoms with E-state index in [1.165, 1.54) is 0 Å². The third-order valence-corrected chi connectivity index (χ3v) is 4.16. The van der Waals surface area contributed by atoms with Gasteiger partial charge in [0.15, 0.2) is 0 Å². The molecule has 0 N–H and O–H groups in total. The minimum absolute atomic E-state index is 0.0641. The Labute approximate surface area is 155 Å². The van der Waals surface area contributed by atoms with E-state index in [-0.39, 0.29) is 38.5 Å². The molecule has 27 heavy (non-hydrogen) atoms. The maximum absolute atomic E-state index is 11.6. The summed E-state index contributed by atoms with van der Waals surface area (Å²) in [6.07, 6.45) is 3.73.